The van der Waals surface area contributed by atoms with Crippen LogP contribution in [0.1, 0.15) is 15.9 Å². The molecule has 1 aromatic rings. The van der Waals surface area contributed by atoms with E-state index in [2.05, 4.69) is 5.32 Å². The maximum atomic E-state index is 10.7. The normalized spacial score (nSPS) is 9.40. The van der Waals surface area contributed by atoms with E-state index < -0.39 is 6.09 Å². The lowest BCUT2D eigenvalue weighted by atomic mass is 10.1. The van der Waals surface area contributed by atoms with Gasteiger partial charge in [-0.05, 0) is 5.56 Å². The first-order valence-corrected chi connectivity index (χ1v) is 4.65. The van der Waals surface area contributed by atoms with Crippen LogP contribution in [0.5, 0.6) is 0 Å². The van der Waals surface area contributed by atoms with Gasteiger partial charge in [0.25, 0.3) is 0 Å². The fraction of sp³-hybridized carbons (Fsp3) is 0.273. The maximum absolute atomic E-state index is 10.7. The molecule has 1 aromatic carbocycles. The lowest BCUT2D eigenvalue weighted by Gasteiger charge is -2.03. The molecule has 0 radical (unpaired) electrons. The topological polar surface area (TPSA) is 55.4 Å². The van der Waals surface area contributed by atoms with Crippen molar-refractivity contribution in [1.29, 1.82) is 0 Å². The second-order valence-corrected chi connectivity index (χ2v) is 3.00. The Kier molecular flexibility index (Phi) is 4.34. The van der Waals surface area contributed by atoms with Gasteiger partial charge in [0.05, 0.1) is 6.61 Å². The largest absolute Gasteiger partial charge is 0.449 e. The average molecular weight is 207 g/mol. The maximum Gasteiger partial charge on any atom is 0.406 e. The summed E-state index contributed by atoms with van der Waals surface area (Å²) in [6, 6.07) is 7.17. The highest BCUT2D eigenvalue weighted by atomic mass is 16.5. The Morgan fingerprint density at radius 2 is 2.07 bits per heavy atom. The lowest BCUT2D eigenvalue weighted by Crippen LogP contribution is -2.20. The first kappa shape index (κ1) is 11.2. The molecule has 0 aromatic heterocycles. The summed E-state index contributed by atoms with van der Waals surface area (Å²) in [6.07, 6.45) is 1.01. The smallest absolute Gasteiger partial charge is 0.406 e. The number of hydrogen-bond acceptors (Lipinski definition) is 3. The molecule has 0 aliphatic carbocycles. The summed E-state index contributed by atoms with van der Waals surface area (Å²) in [7, 11) is 1.52. The van der Waals surface area contributed by atoms with Crippen molar-refractivity contribution in [1.82, 2.24) is 5.32 Å². The third-order valence-electron chi connectivity index (χ3n) is 1.94. The predicted octanol–water partition coefficient (Wildman–Crippen LogP) is 1.40. The lowest BCUT2D eigenvalue weighted by molar-refractivity contribution is 0.112. The fourth-order valence-corrected chi connectivity index (χ4v) is 1.10. The van der Waals surface area contributed by atoms with Gasteiger partial charge in [-0.1, -0.05) is 24.3 Å². The number of ether oxygens (including phenoxy) is 1. The van der Waals surface area contributed by atoms with E-state index in [1.165, 1.54) is 7.05 Å². The standard InChI is InChI=1S/C11H13NO3/c1-12-11(14)15-7-6-9-2-4-10(8-13)5-3-9/h2-5,8H,6-7H2,1H3,(H,12,14). The zero-order valence-electron chi connectivity index (χ0n) is 8.53. The molecule has 0 unspecified atom stereocenters. The van der Waals surface area contributed by atoms with Gasteiger partial charge in [-0.2, -0.15) is 0 Å². The predicted molar refractivity (Wildman–Crippen MR) is 55.9 cm³/mol. The molecule has 15 heavy (non-hydrogen) atoms. The molecule has 1 rings (SSSR count). The molecule has 80 valence electrons. The number of alkyl carbamates (subject to hydrolysis) is 1. The Hall–Kier alpha value is -1.84. The van der Waals surface area contributed by atoms with E-state index in [0.717, 1.165) is 11.8 Å². The van der Waals surface area contributed by atoms with Gasteiger partial charge in [0, 0.05) is 19.0 Å². The number of amides is 1. The van der Waals surface area contributed by atoms with Gasteiger partial charge in [0.15, 0.2) is 0 Å². The molecule has 0 fully saturated rings. The van der Waals surface area contributed by atoms with E-state index in [1.807, 2.05) is 12.1 Å². The Morgan fingerprint density at radius 1 is 1.40 bits per heavy atom. The number of hydrogen-bond donors (Lipinski definition) is 1. The number of rotatable bonds is 4. The van der Waals surface area contributed by atoms with Crippen molar-refractivity contribution < 1.29 is 14.3 Å². The van der Waals surface area contributed by atoms with Crippen molar-refractivity contribution in [2.24, 2.45) is 0 Å². The van der Waals surface area contributed by atoms with Crippen molar-refractivity contribution in [2.75, 3.05) is 13.7 Å². The Labute approximate surface area is 88.2 Å². The number of carbonyl (C=O) groups excluding carboxylic acids is 2. The van der Waals surface area contributed by atoms with E-state index in [0.29, 0.717) is 18.6 Å². The van der Waals surface area contributed by atoms with Gasteiger partial charge >= 0.3 is 6.09 Å². The molecule has 4 nitrogen and oxygen atoms in total. The minimum atomic E-state index is -0.431. The third kappa shape index (κ3) is 3.81. The highest BCUT2D eigenvalue weighted by Gasteiger charge is 1.98. The molecule has 1 amide bonds. The van der Waals surface area contributed by atoms with Gasteiger partial charge in [0.2, 0.25) is 0 Å². The van der Waals surface area contributed by atoms with Crippen LogP contribution < -0.4 is 5.32 Å². The van der Waals surface area contributed by atoms with Gasteiger partial charge in [-0.15, -0.1) is 0 Å². The summed E-state index contributed by atoms with van der Waals surface area (Å²) in [5, 5.41) is 2.36. The van der Waals surface area contributed by atoms with Crippen LogP contribution in [-0.2, 0) is 11.2 Å². The van der Waals surface area contributed by atoms with Gasteiger partial charge in [-0.25, -0.2) is 4.79 Å². The van der Waals surface area contributed by atoms with Crippen LogP contribution in [0.2, 0.25) is 0 Å². The second-order valence-electron chi connectivity index (χ2n) is 3.00. The van der Waals surface area contributed by atoms with Gasteiger partial charge in [-0.3, -0.25) is 4.79 Å². The van der Waals surface area contributed by atoms with Crippen LogP contribution in [0.25, 0.3) is 0 Å². The zero-order valence-corrected chi connectivity index (χ0v) is 8.53. The van der Waals surface area contributed by atoms with Crippen LogP contribution in [0.15, 0.2) is 24.3 Å². The van der Waals surface area contributed by atoms with Crippen molar-refractivity contribution >= 4 is 12.4 Å². The van der Waals surface area contributed by atoms with Crippen LogP contribution in [0.3, 0.4) is 0 Å². The van der Waals surface area contributed by atoms with E-state index in [4.69, 9.17) is 4.74 Å². The number of aldehydes is 1. The summed E-state index contributed by atoms with van der Waals surface area (Å²) in [6.45, 7) is 0.333. The second kappa shape index (κ2) is 5.80. The van der Waals surface area contributed by atoms with Gasteiger partial charge in [0.1, 0.15) is 6.29 Å². The highest BCUT2D eigenvalue weighted by molar-refractivity contribution is 5.74. The van der Waals surface area contributed by atoms with E-state index in [-0.39, 0.29) is 0 Å². The summed E-state index contributed by atoms with van der Waals surface area (Å²) in [5.41, 5.74) is 1.68. The summed E-state index contributed by atoms with van der Waals surface area (Å²) < 4.78 is 4.83. The molecule has 0 heterocycles. The van der Waals surface area contributed by atoms with Gasteiger partial charge < -0.3 is 10.1 Å². The molecule has 0 aliphatic heterocycles. The van der Waals surface area contributed by atoms with E-state index >= 15 is 0 Å². The van der Waals surface area contributed by atoms with Crippen molar-refractivity contribution in [2.45, 2.75) is 6.42 Å². The minimum Gasteiger partial charge on any atom is -0.449 e. The number of nitrogens with one attached hydrogen (secondary N) is 1. The summed E-state index contributed by atoms with van der Waals surface area (Å²) >= 11 is 0. The Bertz CT molecular complexity index is 332. The number of carbonyl (C=O) groups is 2. The fourth-order valence-electron chi connectivity index (χ4n) is 1.10. The molecule has 0 saturated heterocycles. The average Bonchev–Trinajstić information content (AvgIpc) is 2.29. The first-order valence-electron chi connectivity index (χ1n) is 4.65. The Balaban J connectivity index is 2.37. The van der Waals surface area contributed by atoms with Crippen LogP contribution in [0, 0.1) is 0 Å². The molecule has 0 aliphatic rings. The van der Waals surface area contributed by atoms with E-state index in [1.54, 1.807) is 12.1 Å². The molecule has 4 heteroatoms. The molecule has 0 atom stereocenters. The van der Waals surface area contributed by atoms with E-state index in [9.17, 15) is 9.59 Å². The quantitative estimate of drug-likeness (QED) is 0.759. The summed E-state index contributed by atoms with van der Waals surface area (Å²) in [5.74, 6) is 0. The zero-order chi connectivity index (χ0) is 11.1. The first-order chi connectivity index (χ1) is 7.26. The monoisotopic (exact) mass is 207 g/mol. The van der Waals surface area contributed by atoms with Crippen molar-refractivity contribution in [3.63, 3.8) is 0 Å². The summed E-state index contributed by atoms with van der Waals surface area (Å²) in [4.78, 5) is 21.1. The van der Waals surface area contributed by atoms with Crippen molar-refractivity contribution in [3.05, 3.63) is 35.4 Å². The van der Waals surface area contributed by atoms with Crippen LogP contribution >= 0.6 is 0 Å². The molecular formula is C11H13NO3. The number of benzene rings is 1. The Morgan fingerprint density at radius 3 is 2.60 bits per heavy atom. The van der Waals surface area contributed by atoms with Crippen LogP contribution in [0.4, 0.5) is 4.79 Å². The van der Waals surface area contributed by atoms with Crippen LogP contribution in [-0.4, -0.2) is 26.0 Å². The van der Waals surface area contributed by atoms with Crippen molar-refractivity contribution in [3.8, 4) is 0 Å². The molecule has 0 bridgehead atoms. The highest BCUT2D eigenvalue weighted by Crippen LogP contribution is 2.03. The third-order valence-corrected chi connectivity index (χ3v) is 1.94. The molecule has 0 spiro atoms. The molecular weight excluding hydrogens is 194 g/mol. The molecule has 0 saturated carbocycles. The minimum absolute atomic E-state index is 0.333. The SMILES string of the molecule is CNC(=O)OCCc1ccc(C=O)cc1. The molecule has 1 N–H and O–H groups in total.